The molecule has 6 N–H and O–H groups in total. The molecule has 0 aliphatic rings. The molecule has 0 saturated heterocycles. The van der Waals surface area contributed by atoms with Crippen molar-refractivity contribution in [2.24, 2.45) is 17.4 Å². The van der Waals surface area contributed by atoms with Gasteiger partial charge in [0.2, 0.25) is 0 Å². The van der Waals surface area contributed by atoms with Crippen LogP contribution in [0.4, 0.5) is 13.2 Å². The molecule has 0 spiro atoms. The fourth-order valence-corrected chi connectivity index (χ4v) is 1.51. The molecule has 0 fully saturated rings. The number of halogens is 3. The monoisotopic (exact) mass is 255 g/mol. The number of hydrogen-bond donors (Lipinski definition) is 4. The van der Waals surface area contributed by atoms with Crippen LogP contribution in [0.15, 0.2) is 11.1 Å². The highest BCUT2D eigenvalue weighted by Gasteiger charge is 2.50. The highest BCUT2D eigenvalue weighted by atomic mass is 27.1. The van der Waals surface area contributed by atoms with Crippen LogP contribution in [-0.4, -0.2) is 45.3 Å². The molecule has 0 bridgehead atoms. The first-order valence-corrected chi connectivity index (χ1v) is 6.97. The van der Waals surface area contributed by atoms with Crippen LogP contribution < -0.4 is 16.8 Å². The predicted octanol–water partition coefficient (Wildman–Crippen LogP) is -0.684. The Morgan fingerprint density at radius 1 is 1.56 bits per heavy atom. The van der Waals surface area contributed by atoms with Gasteiger partial charge in [-0.05, 0) is 0 Å². The SMILES string of the molecule is C=[C](NCC(N)(O)C(CN)C(F)(F)F)[AlH][CH3]. The zero-order valence-corrected chi connectivity index (χ0v) is 10.6. The van der Waals surface area contributed by atoms with Crippen molar-refractivity contribution in [1.82, 2.24) is 5.32 Å². The van der Waals surface area contributed by atoms with E-state index in [1.165, 1.54) is 0 Å². The van der Waals surface area contributed by atoms with E-state index >= 15 is 0 Å². The summed E-state index contributed by atoms with van der Waals surface area (Å²) in [5.41, 5.74) is 7.79. The van der Waals surface area contributed by atoms with Crippen LogP contribution >= 0.6 is 0 Å². The average Bonchev–Trinajstić information content (AvgIpc) is 2.12. The summed E-state index contributed by atoms with van der Waals surface area (Å²) in [7, 11) is 0. The van der Waals surface area contributed by atoms with E-state index in [2.05, 4.69) is 11.9 Å². The molecule has 0 aromatic rings. The number of hydrogen-bond acceptors (Lipinski definition) is 4. The molecule has 0 aromatic carbocycles. The first-order chi connectivity index (χ1) is 7.15. The molecule has 8 heteroatoms. The molecule has 0 rings (SSSR count). The second-order valence-electron chi connectivity index (χ2n) is 3.63. The number of nitrogens with two attached hydrogens (primary N) is 2. The van der Waals surface area contributed by atoms with Crippen LogP contribution in [0.2, 0.25) is 5.79 Å². The average molecular weight is 255 g/mol. The zero-order valence-electron chi connectivity index (χ0n) is 9.14. The highest BCUT2D eigenvalue weighted by molar-refractivity contribution is 6.42. The van der Waals surface area contributed by atoms with Gasteiger partial charge in [0, 0.05) is 6.54 Å². The molecule has 0 aliphatic carbocycles. The van der Waals surface area contributed by atoms with Crippen molar-refractivity contribution in [2.75, 3.05) is 13.1 Å². The van der Waals surface area contributed by atoms with Gasteiger partial charge in [0.25, 0.3) is 0 Å². The fraction of sp³-hybridized carbons (Fsp3) is 0.750. The van der Waals surface area contributed by atoms with Gasteiger partial charge in [-0.1, -0.05) is 11.1 Å². The number of alkyl halides is 3. The van der Waals surface area contributed by atoms with Gasteiger partial charge in [-0.25, -0.2) is 0 Å². The van der Waals surface area contributed by atoms with Crippen LogP contribution in [-0.2, 0) is 0 Å². The Balaban J connectivity index is 4.55. The van der Waals surface area contributed by atoms with Gasteiger partial charge in [-0.15, -0.1) is 5.79 Å². The highest BCUT2D eigenvalue weighted by Crippen LogP contribution is 2.31. The largest absolute Gasteiger partial charge is 0.400 e. The van der Waals surface area contributed by atoms with E-state index in [0.717, 1.165) is 0 Å². The third-order valence-electron chi connectivity index (χ3n) is 2.28. The molecule has 0 amide bonds. The van der Waals surface area contributed by atoms with Gasteiger partial charge in [0.1, 0.15) is 11.6 Å². The van der Waals surface area contributed by atoms with E-state index in [1.807, 2.05) is 5.79 Å². The predicted molar refractivity (Wildman–Crippen MR) is 57.9 cm³/mol. The molecule has 2 unspecified atom stereocenters. The molecule has 2 atom stereocenters. The van der Waals surface area contributed by atoms with Crippen LogP contribution in [0.5, 0.6) is 0 Å². The molecule has 0 saturated carbocycles. The Labute approximate surface area is 98.6 Å². The van der Waals surface area contributed by atoms with E-state index < -0.39 is 46.1 Å². The first-order valence-electron chi connectivity index (χ1n) is 4.84. The summed E-state index contributed by atoms with van der Waals surface area (Å²) in [6.07, 6.45) is -4.62. The Hall–Kier alpha value is -0.258. The maximum atomic E-state index is 12.5. The normalized spacial score (nSPS) is 17.4. The number of aliphatic hydroxyl groups is 1. The molecule has 0 aromatic heterocycles. The van der Waals surface area contributed by atoms with Crippen molar-refractivity contribution in [1.29, 1.82) is 0 Å². The molecule has 4 nitrogen and oxygen atoms in total. The maximum Gasteiger partial charge on any atom is 0.397 e. The molecular weight excluding hydrogens is 238 g/mol. The van der Waals surface area contributed by atoms with Gasteiger partial charge in [-0.2, -0.15) is 13.2 Å². The summed E-state index contributed by atoms with van der Waals surface area (Å²) in [5.74, 6) is -0.242. The van der Waals surface area contributed by atoms with Crippen LogP contribution in [0, 0.1) is 5.92 Å². The lowest BCUT2D eigenvalue weighted by molar-refractivity contribution is -0.220. The summed E-state index contributed by atoms with van der Waals surface area (Å²) in [5, 5.41) is 12.1. The van der Waals surface area contributed by atoms with E-state index in [1.54, 1.807) is 0 Å². The molecule has 0 heterocycles. The molecule has 0 radical (unpaired) electrons. The topological polar surface area (TPSA) is 84.3 Å². The summed E-state index contributed by atoms with van der Waals surface area (Å²) < 4.78 is 38.0. The number of nitrogens with one attached hydrogen (secondary N) is 1. The van der Waals surface area contributed by atoms with E-state index in [9.17, 15) is 18.3 Å². The zero-order chi connectivity index (χ0) is 13.0. The van der Waals surface area contributed by atoms with Crippen LogP contribution in [0.1, 0.15) is 0 Å². The van der Waals surface area contributed by atoms with Crippen LogP contribution in [0.3, 0.4) is 0 Å². The van der Waals surface area contributed by atoms with Crippen LogP contribution in [0.25, 0.3) is 0 Å². The minimum Gasteiger partial charge on any atom is -0.400 e. The second-order valence-corrected chi connectivity index (χ2v) is 5.19. The Bertz CT molecular complexity index is 245. The molecule has 0 aliphatic heterocycles. The van der Waals surface area contributed by atoms with Gasteiger partial charge in [0.05, 0.1) is 6.54 Å². The van der Waals surface area contributed by atoms with Gasteiger partial charge >= 0.3 is 21.4 Å². The summed E-state index contributed by atoms with van der Waals surface area (Å²) in [6, 6.07) is 0. The summed E-state index contributed by atoms with van der Waals surface area (Å²) in [6.45, 7) is 2.43. The summed E-state index contributed by atoms with van der Waals surface area (Å²) >= 11 is -0.580. The summed E-state index contributed by atoms with van der Waals surface area (Å²) in [4.78, 5) is 0. The van der Waals surface area contributed by atoms with Gasteiger partial charge in [-0.3, -0.25) is 0 Å². The second kappa shape index (κ2) is 5.89. The van der Waals surface area contributed by atoms with Gasteiger partial charge in [0.15, 0.2) is 0 Å². The maximum absolute atomic E-state index is 12.5. The van der Waals surface area contributed by atoms with Crippen molar-refractivity contribution >= 4 is 15.2 Å². The van der Waals surface area contributed by atoms with E-state index in [0.29, 0.717) is 4.56 Å². The number of rotatable bonds is 6. The third-order valence-corrected chi connectivity index (χ3v) is 3.39. The Morgan fingerprint density at radius 2 is 2.06 bits per heavy atom. The minimum absolute atomic E-state index is 0.409. The van der Waals surface area contributed by atoms with Crippen molar-refractivity contribution < 1.29 is 18.3 Å². The van der Waals surface area contributed by atoms with Crippen molar-refractivity contribution in [3.63, 3.8) is 0 Å². The quantitative estimate of drug-likeness (QED) is 0.374. The smallest absolute Gasteiger partial charge is 0.397 e. The lowest BCUT2D eigenvalue weighted by atomic mass is 9.95. The van der Waals surface area contributed by atoms with Crippen molar-refractivity contribution in [3.8, 4) is 0 Å². The van der Waals surface area contributed by atoms with E-state index in [-0.39, 0.29) is 0 Å². The van der Waals surface area contributed by atoms with E-state index in [4.69, 9.17) is 11.5 Å². The van der Waals surface area contributed by atoms with Crippen molar-refractivity contribution in [2.45, 2.75) is 17.7 Å². The lowest BCUT2D eigenvalue weighted by Crippen LogP contribution is -2.61. The molecule has 94 valence electrons. The molecule has 16 heavy (non-hydrogen) atoms. The standard InChI is InChI=1S/C7H13F3N3O.CH3.Al.H/c1-2-13-4-6(12,14)5(3-11)7(8,9)10;;;/h5,13-14H,1,3-4,11-12H2;1H3;;. The first kappa shape index (κ1) is 15.7. The Kier molecular flexibility index (Phi) is 5.79. The van der Waals surface area contributed by atoms with Crippen molar-refractivity contribution in [3.05, 3.63) is 11.1 Å². The minimum atomic E-state index is -4.62. The Morgan fingerprint density at radius 3 is 2.38 bits per heavy atom. The fourth-order valence-electron chi connectivity index (χ4n) is 1.14. The lowest BCUT2D eigenvalue weighted by Gasteiger charge is -2.33. The molecular formula is C8H17AlF3N3O. The van der Waals surface area contributed by atoms with Gasteiger partial charge < -0.3 is 21.9 Å². The third kappa shape index (κ3) is 4.72.